The lowest BCUT2D eigenvalue weighted by Gasteiger charge is -2.16. The SMILES string of the molecule is O=S(=O)(NC(c1ccc(Cl)cc1)c1nnc(-c2ccccc2)o1)c1ccc(F)c(Cl)c1. The predicted octanol–water partition coefficient (Wildman–Crippen LogP) is 5.25. The molecule has 0 aliphatic carbocycles. The van der Waals surface area contributed by atoms with Gasteiger partial charge in [0.05, 0.1) is 9.92 Å². The van der Waals surface area contributed by atoms with Crippen molar-refractivity contribution in [2.24, 2.45) is 0 Å². The Kier molecular flexibility index (Phi) is 6.06. The molecule has 0 aliphatic heterocycles. The van der Waals surface area contributed by atoms with Crippen LogP contribution in [0.1, 0.15) is 17.5 Å². The molecule has 0 saturated heterocycles. The zero-order valence-corrected chi connectivity index (χ0v) is 18.0. The van der Waals surface area contributed by atoms with Crippen molar-refractivity contribution in [1.82, 2.24) is 14.9 Å². The number of nitrogens with zero attached hydrogens (tertiary/aromatic N) is 2. The van der Waals surface area contributed by atoms with Gasteiger partial charge in [-0.1, -0.05) is 53.5 Å². The van der Waals surface area contributed by atoms with Gasteiger partial charge in [0, 0.05) is 10.6 Å². The average molecular weight is 478 g/mol. The molecule has 1 atom stereocenters. The fourth-order valence-corrected chi connectivity index (χ4v) is 4.41. The van der Waals surface area contributed by atoms with E-state index in [2.05, 4.69) is 14.9 Å². The van der Waals surface area contributed by atoms with Crippen LogP contribution in [-0.4, -0.2) is 18.6 Å². The van der Waals surface area contributed by atoms with Crippen LogP contribution < -0.4 is 4.72 Å². The van der Waals surface area contributed by atoms with Crippen LogP contribution in [0, 0.1) is 5.82 Å². The van der Waals surface area contributed by atoms with E-state index >= 15 is 0 Å². The van der Waals surface area contributed by atoms with Gasteiger partial charge in [0.15, 0.2) is 0 Å². The molecule has 4 rings (SSSR count). The van der Waals surface area contributed by atoms with Crippen LogP contribution in [-0.2, 0) is 10.0 Å². The van der Waals surface area contributed by atoms with E-state index in [0.29, 0.717) is 16.1 Å². The maximum absolute atomic E-state index is 13.5. The van der Waals surface area contributed by atoms with Gasteiger partial charge in [0.2, 0.25) is 21.8 Å². The molecular weight excluding hydrogens is 464 g/mol. The number of sulfonamides is 1. The number of benzene rings is 3. The molecule has 3 aromatic carbocycles. The highest BCUT2D eigenvalue weighted by atomic mass is 35.5. The molecular formula is C21H14Cl2FN3O3S. The molecule has 0 amide bonds. The molecule has 0 bridgehead atoms. The topological polar surface area (TPSA) is 85.1 Å². The Morgan fingerprint density at radius 1 is 0.935 bits per heavy atom. The predicted molar refractivity (Wildman–Crippen MR) is 115 cm³/mol. The van der Waals surface area contributed by atoms with Crippen molar-refractivity contribution in [3.05, 3.63) is 100 Å². The van der Waals surface area contributed by atoms with E-state index in [1.54, 1.807) is 36.4 Å². The van der Waals surface area contributed by atoms with Crippen molar-refractivity contribution in [1.29, 1.82) is 0 Å². The van der Waals surface area contributed by atoms with Crippen LogP contribution in [0.3, 0.4) is 0 Å². The van der Waals surface area contributed by atoms with Crippen molar-refractivity contribution in [3.8, 4) is 11.5 Å². The number of rotatable bonds is 6. The summed E-state index contributed by atoms with van der Waals surface area (Å²) in [4.78, 5) is -0.208. The third-order valence-electron chi connectivity index (χ3n) is 4.39. The summed E-state index contributed by atoms with van der Waals surface area (Å²) in [6, 6.07) is 17.7. The average Bonchev–Trinajstić information content (AvgIpc) is 3.25. The fourth-order valence-electron chi connectivity index (χ4n) is 2.83. The van der Waals surface area contributed by atoms with Crippen LogP contribution in [0.2, 0.25) is 10.0 Å². The number of hydrogen-bond acceptors (Lipinski definition) is 5. The van der Waals surface area contributed by atoms with Gasteiger partial charge in [-0.15, -0.1) is 10.2 Å². The molecule has 1 unspecified atom stereocenters. The zero-order valence-electron chi connectivity index (χ0n) is 15.7. The number of hydrogen-bond donors (Lipinski definition) is 1. The first-order valence-corrected chi connectivity index (χ1v) is 11.2. The Morgan fingerprint density at radius 3 is 2.32 bits per heavy atom. The molecule has 1 aromatic heterocycles. The minimum absolute atomic E-state index is 0.0259. The van der Waals surface area contributed by atoms with Crippen molar-refractivity contribution in [3.63, 3.8) is 0 Å². The summed E-state index contributed by atoms with van der Waals surface area (Å²) in [6.07, 6.45) is 0. The molecule has 158 valence electrons. The summed E-state index contributed by atoms with van der Waals surface area (Å²) in [6.45, 7) is 0. The Hall–Kier alpha value is -2.78. The molecule has 1 N–H and O–H groups in total. The van der Waals surface area contributed by atoms with Gasteiger partial charge in [-0.3, -0.25) is 0 Å². The van der Waals surface area contributed by atoms with Crippen molar-refractivity contribution in [2.45, 2.75) is 10.9 Å². The van der Waals surface area contributed by atoms with Crippen molar-refractivity contribution < 1.29 is 17.2 Å². The van der Waals surface area contributed by atoms with E-state index in [0.717, 1.165) is 18.2 Å². The Morgan fingerprint density at radius 2 is 1.65 bits per heavy atom. The number of halogens is 3. The summed E-state index contributed by atoms with van der Waals surface area (Å²) < 4.78 is 47.8. The van der Waals surface area contributed by atoms with E-state index in [-0.39, 0.29) is 21.7 Å². The standard InChI is InChI=1S/C21H14Cl2FN3O3S/c22-15-8-6-13(7-9-15)19(21-26-25-20(30-21)14-4-2-1-3-5-14)27-31(28,29)16-10-11-18(24)17(23)12-16/h1-12,19,27H. The first-order valence-electron chi connectivity index (χ1n) is 8.95. The van der Waals surface area contributed by atoms with E-state index in [1.165, 1.54) is 0 Å². The molecule has 1 heterocycles. The highest BCUT2D eigenvalue weighted by Gasteiger charge is 2.28. The first-order chi connectivity index (χ1) is 14.8. The largest absolute Gasteiger partial charge is 0.419 e. The Balaban J connectivity index is 1.74. The summed E-state index contributed by atoms with van der Waals surface area (Å²) in [5.41, 5.74) is 1.20. The lowest BCUT2D eigenvalue weighted by Crippen LogP contribution is -2.29. The minimum atomic E-state index is -4.12. The third kappa shape index (κ3) is 4.77. The second kappa shape index (κ2) is 8.76. The molecule has 0 fully saturated rings. The normalized spacial score (nSPS) is 12.6. The van der Waals surface area contributed by atoms with Gasteiger partial charge in [-0.2, -0.15) is 4.72 Å². The number of nitrogens with one attached hydrogen (secondary N) is 1. The fraction of sp³-hybridized carbons (Fsp3) is 0.0476. The van der Waals surface area contributed by atoms with Crippen LogP contribution in [0.4, 0.5) is 4.39 Å². The summed E-state index contributed by atoms with van der Waals surface area (Å²) in [5.74, 6) is -0.462. The van der Waals surface area contributed by atoms with Crippen LogP contribution >= 0.6 is 23.2 Å². The van der Waals surface area contributed by atoms with Gasteiger partial charge in [0.1, 0.15) is 11.9 Å². The van der Waals surface area contributed by atoms with Gasteiger partial charge >= 0.3 is 0 Å². The number of aromatic nitrogens is 2. The molecule has 6 nitrogen and oxygen atoms in total. The molecule has 4 aromatic rings. The van der Waals surface area contributed by atoms with Gasteiger partial charge < -0.3 is 4.42 Å². The van der Waals surface area contributed by atoms with E-state index in [9.17, 15) is 12.8 Å². The second-order valence-corrected chi connectivity index (χ2v) is 9.05. The van der Waals surface area contributed by atoms with E-state index in [1.807, 2.05) is 18.2 Å². The third-order valence-corrected chi connectivity index (χ3v) is 6.35. The van der Waals surface area contributed by atoms with Crippen LogP contribution in [0.25, 0.3) is 11.5 Å². The summed E-state index contributed by atoms with van der Waals surface area (Å²) in [7, 11) is -4.12. The molecule has 0 saturated carbocycles. The Bertz CT molecular complexity index is 1310. The molecule has 0 radical (unpaired) electrons. The van der Waals surface area contributed by atoms with Crippen LogP contribution in [0.5, 0.6) is 0 Å². The molecule has 0 aliphatic rings. The quantitative estimate of drug-likeness (QED) is 0.409. The molecule has 31 heavy (non-hydrogen) atoms. The molecule has 10 heteroatoms. The second-order valence-electron chi connectivity index (χ2n) is 6.49. The summed E-state index contributed by atoms with van der Waals surface area (Å²) in [5, 5.41) is 8.24. The van der Waals surface area contributed by atoms with Crippen LogP contribution in [0.15, 0.2) is 82.1 Å². The maximum atomic E-state index is 13.5. The highest BCUT2D eigenvalue weighted by Crippen LogP contribution is 2.28. The van der Waals surface area contributed by atoms with Crippen molar-refractivity contribution >= 4 is 33.2 Å². The van der Waals surface area contributed by atoms with Gasteiger partial charge in [-0.25, -0.2) is 12.8 Å². The van der Waals surface area contributed by atoms with Gasteiger partial charge in [0.25, 0.3) is 0 Å². The van der Waals surface area contributed by atoms with E-state index < -0.39 is 21.9 Å². The lowest BCUT2D eigenvalue weighted by atomic mass is 10.1. The first kappa shape index (κ1) is 21.5. The van der Waals surface area contributed by atoms with E-state index in [4.69, 9.17) is 27.6 Å². The highest BCUT2D eigenvalue weighted by molar-refractivity contribution is 7.89. The van der Waals surface area contributed by atoms with Crippen molar-refractivity contribution in [2.75, 3.05) is 0 Å². The van der Waals surface area contributed by atoms with Gasteiger partial charge in [-0.05, 0) is 48.0 Å². The lowest BCUT2D eigenvalue weighted by molar-refractivity contribution is 0.464. The zero-order chi connectivity index (χ0) is 22.0. The summed E-state index contributed by atoms with van der Waals surface area (Å²) >= 11 is 11.7. The monoisotopic (exact) mass is 477 g/mol. The smallest absolute Gasteiger partial charge is 0.247 e. The minimum Gasteiger partial charge on any atom is -0.419 e. The molecule has 0 spiro atoms. The maximum Gasteiger partial charge on any atom is 0.247 e. The Labute approximate surface area is 187 Å².